The van der Waals surface area contributed by atoms with Crippen LogP contribution in [0.3, 0.4) is 0 Å². The predicted molar refractivity (Wildman–Crippen MR) is 78.6 cm³/mol. The van der Waals surface area contributed by atoms with Crippen LogP contribution >= 0.6 is 11.8 Å². The number of furan rings is 1. The number of halogens is 3. The van der Waals surface area contributed by atoms with Gasteiger partial charge in [0.15, 0.2) is 0 Å². The number of alkyl halides is 3. The summed E-state index contributed by atoms with van der Waals surface area (Å²) in [5.74, 6) is 1.69. The van der Waals surface area contributed by atoms with Gasteiger partial charge >= 0.3 is 5.51 Å². The lowest BCUT2D eigenvalue weighted by Crippen LogP contribution is -2.06. The Bertz CT molecular complexity index is 604. The molecule has 0 spiro atoms. The minimum Gasteiger partial charge on any atom is -0.466 e. The van der Waals surface area contributed by atoms with Crippen molar-refractivity contribution in [2.24, 2.45) is 0 Å². The molecule has 0 bridgehead atoms. The van der Waals surface area contributed by atoms with E-state index >= 15 is 0 Å². The van der Waals surface area contributed by atoms with E-state index in [-0.39, 0.29) is 22.7 Å². The van der Waals surface area contributed by atoms with Gasteiger partial charge in [-0.25, -0.2) is 0 Å². The average Bonchev–Trinajstić information content (AvgIpc) is 2.69. The van der Waals surface area contributed by atoms with Gasteiger partial charge in [-0.05, 0) is 62.9 Å². The van der Waals surface area contributed by atoms with E-state index in [1.165, 1.54) is 12.1 Å². The molecule has 1 heterocycles. The Balaban J connectivity index is 2.05. The SMILES string of the molecule is Cc1cc(C(C)Nc2ccc(SC(F)(F)F)cc2)c(C)o1. The Hall–Kier alpha value is -1.56. The largest absolute Gasteiger partial charge is 0.466 e. The summed E-state index contributed by atoms with van der Waals surface area (Å²) in [6, 6.07) is 8.19. The van der Waals surface area contributed by atoms with E-state index in [2.05, 4.69) is 5.32 Å². The molecule has 0 saturated heterocycles. The Kier molecular flexibility index (Phi) is 4.56. The predicted octanol–water partition coefficient (Wildman–Crippen LogP) is 5.68. The molecule has 2 aromatic rings. The molecule has 2 rings (SSSR count). The summed E-state index contributed by atoms with van der Waals surface area (Å²) < 4.78 is 42.2. The van der Waals surface area contributed by atoms with Gasteiger partial charge in [0.05, 0.1) is 6.04 Å². The zero-order valence-corrected chi connectivity index (χ0v) is 12.7. The quantitative estimate of drug-likeness (QED) is 0.735. The standard InChI is InChI=1S/C15H16F3NOS/c1-9-8-14(11(3)20-9)10(2)19-12-4-6-13(7-5-12)21-15(16,17)18/h4-8,10,19H,1-3H3. The number of aryl methyl sites for hydroxylation is 2. The van der Waals surface area contributed by atoms with E-state index < -0.39 is 5.51 Å². The van der Waals surface area contributed by atoms with Crippen molar-refractivity contribution >= 4 is 17.4 Å². The fraction of sp³-hybridized carbons (Fsp3) is 0.333. The van der Waals surface area contributed by atoms with Crippen molar-refractivity contribution in [1.29, 1.82) is 0 Å². The number of nitrogens with one attached hydrogen (secondary N) is 1. The highest BCUT2D eigenvalue weighted by molar-refractivity contribution is 8.00. The molecule has 1 atom stereocenters. The summed E-state index contributed by atoms with van der Waals surface area (Å²) in [5.41, 5.74) is -2.44. The van der Waals surface area contributed by atoms with Gasteiger partial charge in [-0.2, -0.15) is 13.2 Å². The third-order valence-corrected chi connectivity index (χ3v) is 3.76. The van der Waals surface area contributed by atoms with Gasteiger partial charge in [0.1, 0.15) is 11.5 Å². The van der Waals surface area contributed by atoms with Crippen LogP contribution in [0.4, 0.5) is 18.9 Å². The molecule has 0 aliphatic heterocycles. The van der Waals surface area contributed by atoms with Crippen LogP contribution in [0, 0.1) is 13.8 Å². The maximum atomic E-state index is 12.3. The maximum Gasteiger partial charge on any atom is 0.446 e. The first-order chi connectivity index (χ1) is 9.74. The molecule has 0 amide bonds. The summed E-state index contributed by atoms with van der Waals surface area (Å²) in [4.78, 5) is 0.177. The second-order valence-corrected chi connectivity index (χ2v) is 5.95. The van der Waals surface area contributed by atoms with Crippen molar-refractivity contribution in [2.75, 3.05) is 5.32 Å². The van der Waals surface area contributed by atoms with E-state index in [1.54, 1.807) is 12.1 Å². The smallest absolute Gasteiger partial charge is 0.446 e. The minimum atomic E-state index is -4.26. The Morgan fingerprint density at radius 1 is 1.14 bits per heavy atom. The van der Waals surface area contributed by atoms with E-state index in [0.717, 1.165) is 22.8 Å². The molecule has 1 aromatic carbocycles. The zero-order valence-electron chi connectivity index (χ0n) is 11.9. The van der Waals surface area contributed by atoms with Gasteiger partial charge in [0, 0.05) is 16.1 Å². The van der Waals surface area contributed by atoms with E-state index in [4.69, 9.17) is 4.42 Å². The second kappa shape index (κ2) is 6.05. The molecule has 0 radical (unpaired) electrons. The van der Waals surface area contributed by atoms with Crippen molar-refractivity contribution < 1.29 is 17.6 Å². The van der Waals surface area contributed by atoms with Gasteiger partial charge in [-0.3, -0.25) is 0 Å². The van der Waals surface area contributed by atoms with Crippen LogP contribution < -0.4 is 5.32 Å². The van der Waals surface area contributed by atoms with Gasteiger partial charge in [0.25, 0.3) is 0 Å². The topological polar surface area (TPSA) is 25.2 Å². The van der Waals surface area contributed by atoms with Crippen LogP contribution in [-0.2, 0) is 0 Å². The molecule has 1 aromatic heterocycles. The Morgan fingerprint density at radius 2 is 1.76 bits per heavy atom. The number of hydrogen-bond acceptors (Lipinski definition) is 3. The summed E-state index contributed by atoms with van der Waals surface area (Å²) in [5, 5.41) is 3.25. The first-order valence-corrected chi connectivity index (χ1v) is 7.25. The molecule has 0 fully saturated rings. The number of benzene rings is 1. The molecular formula is C15H16F3NOS. The normalized spacial score (nSPS) is 13.2. The molecule has 114 valence electrons. The average molecular weight is 315 g/mol. The molecule has 0 aliphatic rings. The molecular weight excluding hydrogens is 299 g/mol. The highest BCUT2D eigenvalue weighted by Gasteiger charge is 2.29. The third-order valence-electron chi connectivity index (χ3n) is 3.02. The lowest BCUT2D eigenvalue weighted by atomic mass is 10.1. The fourth-order valence-electron chi connectivity index (χ4n) is 2.16. The number of anilines is 1. The van der Waals surface area contributed by atoms with E-state index in [9.17, 15) is 13.2 Å². The van der Waals surface area contributed by atoms with Crippen molar-refractivity contribution in [1.82, 2.24) is 0 Å². The Labute approximate surface area is 125 Å². The summed E-state index contributed by atoms with van der Waals surface area (Å²) in [6.45, 7) is 5.76. The molecule has 6 heteroatoms. The van der Waals surface area contributed by atoms with Gasteiger partial charge < -0.3 is 9.73 Å². The van der Waals surface area contributed by atoms with Crippen molar-refractivity contribution in [2.45, 2.75) is 37.2 Å². The Morgan fingerprint density at radius 3 is 2.24 bits per heavy atom. The molecule has 1 unspecified atom stereocenters. The lowest BCUT2D eigenvalue weighted by molar-refractivity contribution is -0.0328. The molecule has 1 N–H and O–H groups in total. The fourth-order valence-corrected chi connectivity index (χ4v) is 2.70. The van der Waals surface area contributed by atoms with Gasteiger partial charge in [-0.1, -0.05) is 0 Å². The minimum absolute atomic E-state index is 0.0172. The molecule has 21 heavy (non-hydrogen) atoms. The first kappa shape index (κ1) is 15.8. The van der Waals surface area contributed by atoms with Crippen LogP contribution in [0.1, 0.15) is 30.0 Å². The summed E-state index contributed by atoms with van der Waals surface area (Å²) in [7, 11) is 0. The number of hydrogen-bond donors (Lipinski definition) is 1. The molecule has 0 saturated carbocycles. The van der Waals surface area contributed by atoms with E-state index in [1.807, 2.05) is 26.8 Å². The van der Waals surface area contributed by atoms with Crippen molar-refractivity contribution in [3.8, 4) is 0 Å². The van der Waals surface area contributed by atoms with Crippen LogP contribution in [0.15, 0.2) is 39.6 Å². The first-order valence-electron chi connectivity index (χ1n) is 6.44. The monoisotopic (exact) mass is 315 g/mol. The number of thioether (sulfide) groups is 1. The highest BCUT2D eigenvalue weighted by Crippen LogP contribution is 2.37. The van der Waals surface area contributed by atoms with Crippen LogP contribution in [0.25, 0.3) is 0 Å². The van der Waals surface area contributed by atoms with Crippen LogP contribution in [0.5, 0.6) is 0 Å². The van der Waals surface area contributed by atoms with Gasteiger partial charge in [0.2, 0.25) is 0 Å². The molecule has 0 aliphatic carbocycles. The molecule has 2 nitrogen and oxygen atoms in total. The van der Waals surface area contributed by atoms with Crippen LogP contribution in [0.2, 0.25) is 0 Å². The second-order valence-electron chi connectivity index (χ2n) is 4.81. The summed E-state index contributed by atoms with van der Waals surface area (Å²) in [6.07, 6.45) is 0. The third kappa shape index (κ3) is 4.46. The lowest BCUT2D eigenvalue weighted by Gasteiger charge is -2.15. The van der Waals surface area contributed by atoms with Gasteiger partial charge in [-0.15, -0.1) is 0 Å². The van der Waals surface area contributed by atoms with E-state index in [0.29, 0.717) is 0 Å². The van der Waals surface area contributed by atoms with Crippen molar-refractivity contribution in [3.05, 3.63) is 47.4 Å². The number of rotatable bonds is 4. The van der Waals surface area contributed by atoms with Crippen LogP contribution in [-0.4, -0.2) is 5.51 Å². The maximum absolute atomic E-state index is 12.3. The van der Waals surface area contributed by atoms with Crippen molar-refractivity contribution in [3.63, 3.8) is 0 Å². The zero-order chi connectivity index (χ0) is 15.6. The summed E-state index contributed by atoms with van der Waals surface area (Å²) >= 11 is -0.112. The highest BCUT2D eigenvalue weighted by atomic mass is 32.2.